The maximum absolute atomic E-state index is 13.3. The van der Waals surface area contributed by atoms with Gasteiger partial charge in [-0.15, -0.1) is 11.3 Å². The molecule has 0 spiro atoms. The number of carbonyl (C=O) groups excluding carboxylic acids is 2. The molecule has 1 aliphatic rings. The molecular weight excluding hydrogens is 382 g/mol. The van der Waals surface area contributed by atoms with Crippen molar-refractivity contribution in [1.82, 2.24) is 9.88 Å². The van der Waals surface area contributed by atoms with Crippen LogP contribution in [0.25, 0.3) is 21.0 Å². The number of nitrogens with zero attached hydrogens (tertiary/aromatic N) is 2. The summed E-state index contributed by atoms with van der Waals surface area (Å²) in [7, 11) is 0. The minimum Gasteiger partial charge on any atom is -0.365 e. The van der Waals surface area contributed by atoms with E-state index in [2.05, 4.69) is 4.98 Å². The summed E-state index contributed by atoms with van der Waals surface area (Å²) in [4.78, 5) is 32.2. The Kier molecular flexibility index (Phi) is 4.28. The highest BCUT2D eigenvalue weighted by molar-refractivity contribution is 7.21. The first kappa shape index (κ1) is 17.8. The van der Waals surface area contributed by atoms with Crippen molar-refractivity contribution in [3.63, 3.8) is 0 Å². The lowest BCUT2D eigenvalue weighted by Crippen LogP contribution is -2.28. The molecule has 6 heteroatoms. The van der Waals surface area contributed by atoms with Gasteiger partial charge in [-0.2, -0.15) is 0 Å². The van der Waals surface area contributed by atoms with E-state index in [1.54, 1.807) is 6.20 Å². The summed E-state index contributed by atoms with van der Waals surface area (Å²) >= 11 is 1.44. The third-order valence-electron chi connectivity index (χ3n) is 5.62. The molecule has 5 nitrogen and oxygen atoms in total. The Balaban J connectivity index is 1.49. The number of thiophene rings is 1. The number of pyridine rings is 1. The lowest BCUT2D eigenvalue weighted by atomic mass is 9.95. The van der Waals surface area contributed by atoms with Crippen molar-refractivity contribution in [3.05, 3.63) is 76.8 Å². The Labute approximate surface area is 171 Å². The number of primary amides is 1. The zero-order valence-electron chi connectivity index (χ0n) is 15.7. The number of carbonyl (C=O) groups is 2. The van der Waals surface area contributed by atoms with Crippen LogP contribution in [0.1, 0.15) is 37.9 Å². The van der Waals surface area contributed by atoms with Gasteiger partial charge in [0.1, 0.15) is 0 Å². The predicted molar refractivity (Wildman–Crippen MR) is 115 cm³/mol. The summed E-state index contributed by atoms with van der Waals surface area (Å²) in [6.07, 6.45) is 2.55. The number of aromatic nitrogens is 1. The number of nitrogens with two attached hydrogens (primary N) is 1. The van der Waals surface area contributed by atoms with Crippen LogP contribution in [0.3, 0.4) is 0 Å². The standard InChI is InChI=1S/C23H19N3O2S/c24-22(27)21-20(17-5-1-2-9-19(17)29-21)14-10-12-26(13-14)23(28)16-6-3-8-18-15(16)7-4-11-25-18/h1-9,11,14H,10,12-13H2,(H2,24,27)/t14-/m0/s1. The van der Waals surface area contributed by atoms with Crippen molar-refractivity contribution in [2.75, 3.05) is 13.1 Å². The van der Waals surface area contributed by atoms with E-state index in [9.17, 15) is 9.59 Å². The Morgan fingerprint density at radius 2 is 1.86 bits per heavy atom. The number of rotatable bonds is 3. The molecular formula is C23H19N3O2S. The highest BCUT2D eigenvalue weighted by Gasteiger charge is 2.32. The van der Waals surface area contributed by atoms with E-state index in [1.165, 1.54) is 11.3 Å². The molecule has 1 saturated heterocycles. The average Bonchev–Trinajstić information content (AvgIpc) is 3.37. The van der Waals surface area contributed by atoms with Gasteiger partial charge < -0.3 is 10.6 Å². The average molecular weight is 401 g/mol. The predicted octanol–water partition coefficient (Wildman–Crippen LogP) is 4.18. The fourth-order valence-electron chi connectivity index (χ4n) is 4.29. The van der Waals surface area contributed by atoms with Crippen molar-refractivity contribution in [2.24, 2.45) is 5.73 Å². The van der Waals surface area contributed by atoms with Crippen LogP contribution in [0.5, 0.6) is 0 Å². The lowest BCUT2D eigenvalue weighted by Gasteiger charge is -2.18. The maximum Gasteiger partial charge on any atom is 0.259 e. The van der Waals surface area contributed by atoms with Crippen LogP contribution in [0, 0.1) is 0 Å². The zero-order valence-corrected chi connectivity index (χ0v) is 16.5. The molecule has 2 aromatic carbocycles. The summed E-state index contributed by atoms with van der Waals surface area (Å²) in [6, 6.07) is 17.4. The molecule has 1 aliphatic heterocycles. The summed E-state index contributed by atoms with van der Waals surface area (Å²) < 4.78 is 1.06. The first-order valence-corrected chi connectivity index (χ1v) is 10.4. The maximum atomic E-state index is 13.3. The van der Waals surface area contributed by atoms with E-state index in [0.29, 0.717) is 23.5 Å². The molecule has 2 amide bonds. The summed E-state index contributed by atoms with van der Waals surface area (Å²) in [5.41, 5.74) is 8.15. The van der Waals surface area contributed by atoms with Crippen molar-refractivity contribution in [2.45, 2.75) is 12.3 Å². The Morgan fingerprint density at radius 1 is 1.03 bits per heavy atom. The number of benzene rings is 2. The van der Waals surface area contributed by atoms with Crippen LogP contribution in [-0.2, 0) is 0 Å². The fraction of sp³-hybridized carbons (Fsp3) is 0.174. The van der Waals surface area contributed by atoms with Crippen LogP contribution < -0.4 is 5.73 Å². The molecule has 0 unspecified atom stereocenters. The number of hydrogen-bond acceptors (Lipinski definition) is 4. The fourth-order valence-corrected chi connectivity index (χ4v) is 5.44. The first-order valence-electron chi connectivity index (χ1n) is 9.57. The van der Waals surface area contributed by atoms with E-state index in [1.807, 2.05) is 59.5 Å². The van der Waals surface area contributed by atoms with E-state index in [0.717, 1.165) is 33.0 Å². The lowest BCUT2D eigenvalue weighted by molar-refractivity contribution is 0.0792. The van der Waals surface area contributed by atoms with Gasteiger partial charge >= 0.3 is 0 Å². The van der Waals surface area contributed by atoms with E-state index >= 15 is 0 Å². The van der Waals surface area contributed by atoms with Crippen molar-refractivity contribution in [3.8, 4) is 0 Å². The normalized spacial score (nSPS) is 16.6. The topological polar surface area (TPSA) is 76.3 Å². The third-order valence-corrected chi connectivity index (χ3v) is 6.82. The summed E-state index contributed by atoms with van der Waals surface area (Å²) in [5.74, 6) is -0.289. The molecule has 3 heterocycles. The Bertz CT molecular complexity index is 1260. The molecule has 2 aromatic heterocycles. The van der Waals surface area contributed by atoms with E-state index < -0.39 is 5.91 Å². The molecule has 4 aromatic rings. The monoisotopic (exact) mass is 401 g/mol. The Hall–Kier alpha value is -3.25. The minimum atomic E-state index is -0.397. The third kappa shape index (κ3) is 2.96. The summed E-state index contributed by atoms with van der Waals surface area (Å²) in [5, 5.41) is 1.93. The largest absolute Gasteiger partial charge is 0.365 e. The van der Waals surface area contributed by atoms with Gasteiger partial charge in [-0.1, -0.05) is 30.3 Å². The Morgan fingerprint density at radius 3 is 2.72 bits per heavy atom. The van der Waals surface area contributed by atoms with Gasteiger partial charge in [0.25, 0.3) is 11.8 Å². The van der Waals surface area contributed by atoms with Gasteiger partial charge in [-0.05, 0) is 41.6 Å². The number of amides is 2. The van der Waals surface area contributed by atoms with Gasteiger partial charge in [0.05, 0.1) is 10.4 Å². The van der Waals surface area contributed by atoms with Crippen LogP contribution in [0.4, 0.5) is 0 Å². The molecule has 0 bridgehead atoms. The van der Waals surface area contributed by atoms with Crippen molar-refractivity contribution < 1.29 is 9.59 Å². The van der Waals surface area contributed by atoms with Gasteiger partial charge in [0.2, 0.25) is 0 Å². The number of likely N-dealkylation sites (tertiary alicyclic amines) is 1. The number of fused-ring (bicyclic) bond motifs is 2. The van der Waals surface area contributed by atoms with Crippen molar-refractivity contribution >= 4 is 44.1 Å². The minimum absolute atomic E-state index is 0.00580. The van der Waals surface area contributed by atoms with Crippen molar-refractivity contribution in [1.29, 1.82) is 0 Å². The van der Waals surface area contributed by atoms with Gasteiger partial charge in [-0.3, -0.25) is 14.6 Å². The highest BCUT2D eigenvalue weighted by Crippen LogP contribution is 2.40. The molecule has 1 atom stereocenters. The molecule has 5 rings (SSSR count). The van der Waals surface area contributed by atoms with E-state index in [-0.39, 0.29) is 11.8 Å². The summed E-state index contributed by atoms with van der Waals surface area (Å²) in [6.45, 7) is 1.24. The van der Waals surface area contributed by atoms with Crippen LogP contribution in [0.15, 0.2) is 60.8 Å². The molecule has 2 N–H and O–H groups in total. The molecule has 29 heavy (non-hydrogen) atoms. The van der Waals surface area contributed by atoms with Crippen LogP contribution >= 0.6 is 11.3 Å². The molecule has 0 radical (unpaired) electrons. The molecule has 144 valence electrons. The molecule has 0 aliphatic carbocycles. The number of hydrogen-bond donors (Lipinski definition) is 1. The van der Waals surface area contributed by atoms with E-state index in [4.69, 9.17) is 5.73 Å². The highest BCUT2D eigenvalue weighted by atomic mass is 32.1. The second-order valence-corrected chi connectivity index (χ2v) is 8.37. The first-order chi connectivity index (χ1) is 14.1. The second kappa shape index (κ2) is 6.97. The van der Waals surface area contributed by atoms with Gasteiger partial charge in [0.15, 0.2) is 0 Å². The second-order valence-electron chi connectivity index (χ2n) is 7.32. The molecule has 1 fully saturated rings. The smallest absolute Gasteiger partial charge is 0.259 e. The zero-order chi connectivity index (χ0) is 20.0. The van der Waals surface area contributed by atoms with Crippen LogP contribution in [0.2, 0.25) is 0 Å². The van der Waals surface area contributed by atoms with Gasteiger partial charge in [-0.25, -0.2) is 0 Å². The quantitative estimate of drug-likeness (QED) is 0.560. The van der Waals surface area contributed by atoms with Crippen LogP contribution in [-0.4, -0.2) is 34.8 Å². The molecule has 0 saturated carbocycles. The SMILES string of the molecule is NC(=O)c1sc2ccccc2c1[C@H]1CCN(C(=O)c2cccc3ncccc23)C1. The van der Waals surface area contributed by atoms with Gasteiger partial charge in [0, 0.05) is 40.9 Å².